The highest BCUT2D eigenvalue weighted by atomic mass is 79.9. The molecule has 0 atom stereocenters. The van der Waals surface area contributed by atoms with E-state index in [1.54, 1.807) is 0 Å². The smallest absolute Gasteiger partial charge is 0.0175 e. The molecule has 0 aliphatic heterocycles. The Bertz CT molecular complexity index is 655. The van der Waals surface area contributed by atoms with Crippen molar-refractivity contribution in [2.24, 2.45) is 0 Å². The maximum atomic E-state index is 3.41. The highest BCUT2D eigenvalue weighted by molar-refractivity contribution is 9.10. The van der Waals surface area contributed by atoms with E-state index in [0.29, 0.717) is 0 Å². The van der Waals surface area contributed by atoms with E-state index in [9.17, 15) is 0 Å². The molecule has 0 fully saturated rings. The molecule has 0 saturated carbocycles. The molecule has 0 heterocycles. The van der Waals surface area contributed by atoms with Crippen LogP contribution in [0.1, 0.15) is 26.3 Å². The molecule has 0 aliphatic rings. The third-order valence-electron chi connectivity index (χ3n) is 3.59. The van der Waals surface area contributed by atoms with Gasteiger partial charge in [-0.2, -0.15) is 0 Å². The van der Waals surface area contributed by atoms with Gasteiger partial charge in [0.2, 0.25) is 0 Å². The molecule has 118 valence electrons. The molecule has 0 radical (unpaired) electrons. The molecular weight excluding hydrogens is 344 g/mol. The second-order valence-electron chi connectivity index (χ2n) is 6.49. The lowest BCUT2D eigenvalue weighted by Crippen LogP contribution is -2.10. The van der Waals surface area contributed by atoms with E-state index < -0.39 is 0 Å². The average molecular weight is 367 g/mol. The largest absolute Gasteiger partial charge is 0.0622 e. The Morgan fingerprint density at radius 2 is 0.957 bits per heavy atom. The Balaban J connectivity index is 0.000000168. The highest BCUT2D eigenvalue weighted by Crippen LogP contribution is 2.23. The standard InChI is InChI=1S/C12H10.C10H13Br/c1-3-7-11(8-4-1)12-9-5-2-6-10-12;1-10(2,3)8-4-6-9(11)7-5-8/h1-10H;4-7H,1-3H3. The molecule has 0 amide bonds. The zero-order valence-electron chi connectivity index (χ0n) is 14.0. The number of hydrogen-bond donors (Lipinski definition) is 0. The zero-order valence-corrected chi connectivity index (χ0v) is 15.5. The summed E-state index contributed by atoms with van der Waals surface area (Å²) < 4.78 is 1.14. The predicted molar refractivity (Wildman–Crippen MR) is 105 cm³/mol. The molecule has 3 rings (SSSR count). The maximum absolute atomic E-state index is 3.41. The third kappa shape index (κ3) is 5.69. The summed E-state index contributed by atoms with van der Waals surface area (Å²) in [5.41, 5.74) is 4.19. The van der Waals surface area contributed by atoms with Crippen LogP contribution in [0.4, 0.5) is 0 Å². The fraction of sp³-hybridized carbons (Fsp3) is 0.182. The quantitative estimate of drug-likeness (QED) is 0.430. The van der Waals surface area contributed by atoms with Crippen LogP contribution in [0.15, 0.2) is 89.4 Å². The van der Waals surface area contributed by atoms with Crippen molar-refractivity contribution in [3.63, 3.8) is 0 Å². The van der Waals surface area contributed by atoms with Crippen molar-refractivity contribution in [2.45, 2.75) is 26.2 Å². The molecular formula is C22H23Br. The van der Waals surface area contributed by atoms with Gasteiger partial charge in [-0.25, -0.2) is 0 Å². The van der Waals surface area contributed by atoms with Gasteiger partial charge in [-0.15, -0.1) is 0 Å². The van der Waals surface area contributed by atoms with Gasteiger partial charge in [0, 0.05) is 4.47 Å². The first-order chi connectivity index (χ1) is 11.0. The SMILES string of the molecule is CC(C)(C)c1ccc(Br)cc1.c1ccc(-c2ccccc2)cc1. The van der Waals surface area contributed by atoms with Gasteiger partial charge in [0.15, 0.2) is 0 Å². The average Bonchev–Trinajstić information content (AvgIpc) is 2.57. The molecule has 0 saturated heterocycles. The Morgan fingerprint density at radius 1 is 0.565 bits per heavy atom. The molecule has 0 N–H and O–H groups in total. The summed E-state index contributed by atoms with van der Waals surface area (Å²) in [6.07, 6.45) is 0. The van der Waals surface area contributed by atoms with Gasteiger partial charge in [0.05, 0.1) is 0 Å². The van der Waals surface area contributed by atoms with Crippen molar-refractivity contribution in [3.05, 3.63) is 95.0 Å². The molecule has 3 aromatic rings. The van der Waals surface area contributed by atoms with Crippen LogP contribution < -0.4 is 0 Å². The van der Waals surface area contributed by atoms with Gasteiger partial charge in [0.1, 0.15) is 0 Å². The van der Waals surface area contributed by atoms with E-state index in [2.05, 4.69) is 109 Å². The molecule has 0 bridgehead atoms. The molecule has 1 heteroatoms. The van der Waals surface area contributed by atoms with Crippen LogP contribution in [0.25, 0.3) is 11.1 Å². The van der Waals surface area contributed by atoms with Gasteiger partial charge in [-0.1, -0.05) is 109 Å². The molecule has 0 aliphatic carbocycles. The van der Waals surface area contributed by atoms with Crippen LogP contribution in [0, 0.1) is 0 Å². The van der Waals surface area contributed by atoms with E-state index in [1.807, 2.05) is 12.1 Å². The first-order valence-corrected chi connectivity index (χ1v) is 8.62. The first-order valence-electron chi connectivity index (χ1n) is 7.83. The van der Waals surface area contributed by atoms with Crippen LogP contribution in [-0.4, -0.2) is 0 Å². The Kier molecular flexibility index (Phi) is 6.18. The van der Waals surface area contributed by atoms with Gasteiger partial charge >= 0.3 is 0 Å². The van der Waals surface area contributed by atoms with Gasteiger partial charge in [0.25, 0.3) is 0 Å². The Morgan fingerprint density at radius 3 is 1.30 bits per heavy atom. The highest BCUT2D eigenvalue weighted by Gasteiger charge is 2.12. The van der Waals surface area contributed by atoms with Crippen LogP contribution in [0.2, 0.25) is 0 Å². The summed E-state index contributed by atoms with van der Waals surface area (Å²) in [7, 11) is 0. The minimum absolute atomic E-state index is 0.265. The minimum Gasteiger partial charge on any atom is -0.0622 e. The van der Waals surface area contributed by atoms with Crippen molar-refractivity contribution >= 4 is 15.9 Å². The third-order valence-corrected chi connectivity index (χ3v) is 4.12. The normalized spacial score (nSPS) is 10.6. The number of halogens is 1. The lowest BCUT2D eigenvalue weighted by Gasteiger charge is -2.18. The molecule has 0 aromatic heterocycles. The van der Waals surface area contributed by atoms with E-state index in [0.717, 1.165) is 4.47 Å². The van der Waals surface area contributed by atoms with Crippen LogP contribution in [-0.2, 0) is 5.41 Å². The van der Waals surface area contributed by atoms with Crippen LogP contribution in [0.5, 0.6) is 0 Å². The summed E-state index contributed by atoms with van der Waals surface area (Å²) in [6.45, 7) is 6.66. The van der Waals surface area contributed by atoms with Crippen molar-refractivity contribution in [3.8, 4) is 11.1 Å². The summed E-state index contributed by atoms with van der Waals surface area (Å²) in [5, 5.41) is 0. The van der Waals surface area contributed by atoms with Gasteiger partial charge < -0.3 is 0 Å². The Hall–Kier alpha value is -1.86. The van der Waals surface area contributed by atoms with E-state index in [1.165, 1.54) is 16.7 Å². The van der Waals surface area contributed by atoms with E-state index in [-0.39, 0.29) is 5.41 Å². The van der Waals surface area contributed by atoms with Crippen LogP contribution in [0.3, 0.4) is 0 Å². The van der Waals surface area contributed by atoms with Crippen molar-refractivity contribution < 1.29 is 0 Å². The molecule has 23 heavy (non-hydrogen) atoms. The van der Waals surface area contributed by atoms with E-state index in [4.69, 9.17) is 0 Å². The lowest BCUT2D eigenvalue weighted by molar-refractivity contribution is 0.590. The van der Waals surface area contributed by atoms with E-state index >= 15 is 0 Å². The van der Waals surface area contributed by atoms with Crippen LogP contribution >= 0.6 is 15.9 Å². The second-order valence-corrected chi connectivity index (χ2v) is 7.40. The van der Waals surface area contributed by atoms with Gasteiger partial charge in [-0.05, 0) is 34.2 Å². The van der Waals surface area contributed by atoms with Gasteiger partial charge in [-0.3, -0.25) is 0 Å². The molecule has 0 nitrogen and oxygen atoms in total. The molecule has 0 unspecified atom stereocenters. The number of benzene rings is 3. The number of hydrogen-bond acceptors (Lipinski definition) is 0. The van der Waals surface area contributed by atoms with Crippen molar-refractivity contribution in [1.82, 2.24) is 0 Å². The van der Waals surface area contributed by atoms with Crippen molar-refractivity contribution in [1.29, 1.82) is 0 Å². The topological polar surface area (TPSA) is 0 Å². The minimum atomic E-state index is 0.265. The molecule has 0 spiro atoms. The molecule has 3 aromatic carbocycles. The summed E-state index contributed by atoms with van der Waals surface area (Å²) in [4.78, 5) is 0. The fourth-order valence-corrected chi connectivity index (χ4v) is 2.48. The monoisotopic (exact) mass is 366 g/mol. The summed E-state index contributed by atoms with van der Waals surface area (Å²) in [6, 6.07) is 29.3. The summed E-state index contributed by atoms with van der Waals surface area (Å²) >= 11 is 3.41. The zero-order chi connectivity index (χ0) is 16.7. The lowest BCUT2D eigenvalue weighted by atomic mass is 9.87. The number of rotatable bonds is 1. The fourth-order valence-electron chi connectivity index (χ4n) is 2.21. The predicted octanol–water partition coefficient (Wildman–Crippen LogP) is 7.10. The maximum Gasteiger partial charge on any atom is 0.0175 e. The Labute approximate surface area is 148 Å². The summed E-state index contributed by atoms with van der Waals surface area (Å²) in [5.74, 6) is 0. The second kappa shape index (κ2) is 8.12. The van der Waals surface area contributed by atoms with Crippen molar-refractivity contribution in [2.75, 3.05) is 0 Å². The first kappa shape index (κ1) is 17.5.